The first-order valence-electron chi connectivity index (χ1n) is 8.61. The first kappa shape index (κ1) is 18.4. The smallest absolute Gasteiger partial charge is 0.240 e. The van der Waals surface area contributed by atoms with Crippen LogP contribution < -0.4 is 14.4 Å². The highest BCUT2D eigenvalue weighted by Gasteiger charge is 2.22. The van der Waals surface area contributed by atoms with Gasteiger partial charge in [0.2, 0.25) is 15.9 Å². The minimum Gasteiger partial charge on any atom is -0.494 e. The Morgan fingerprint density at radius 1 is 1.15 bits per heavy atom. The highest BCUT2D eigenvalue weighted by atomic mass is 32.2. The van der Waals surface area contributed by atoms with Crippen molar-refractivity contribution in [2.45, 2.75) is 31.2 Å². The van der Waals surface area contributed by atoms with Crippen LogP contribution in [-0.4, -0.2) is 27.5 Å². The molecule has 138 valence electrons. The van der Waals surface area contributed by atoms with Gasteiger partial charge in [0.1, 0.15) is 5.75 Å². The molecule has 1 fully saturated rings. The van der Waals surface area contributed by atoms with E-state index in [1.165, 1.54) is 12.1 Å². The summed E-state index contributed by atoms with van der Waals surface area (Å²) in [5.74, 6) is 0.789. The van der Waals surface area contributed by atoms with Crippen LogP contribution >= 0.6 is 0 Å². The van der Waals surface area contributed by atoms with Crippen LogP contribution in [-0.2, 0) is 21.4 Å². The Morgan fingerprint density at radius 2 is 1.92 bits per heavy atom. The summed E-state index contributed by atoms with van der Waals surface area (Å²) in [6.45, 7) is 3.31. The van der Waals surface area contributed by atoms with Gasteiger partial charge in [0.25, 0.3) is 0 Å². The molecule has 3 rings (SSSR count). The van der Waals surface area contributed by atoms with Crippen LogP contribution in [0.5, 0.6) is 5.75 Å². The molecule has 2 aromatic carbocycles. The van der Waals surface area contributed by atoms with Crippen molar-refractivity contribution in [3.8, 4) is 5.75 Å². The van der Waals surface area contributed by atoms with E-state index in [0.717, 1.165) is 17.7 Å². The molecule has 2 aromatic rings. The third kappa shape index (κ3) is 4.23. The highest BCUT2D eigenvalue weighted by molar-refractivity contribution is 7.89. The topological polar surface area (TPSA) is 75.7 Å². The number of sulfonamides is 1. The summed E-state index contributed by atoms with van der Waals surface area (Å²) in [6, 6.07) is 13.7. The van der Waals surface area contributed by atoms with E-state index in [2.05, 4.69) is 4.72 Å². The maximum Gasteiger partial charge on any atom is 0.240 e. The second-order valence-electron chi connectivity index (χ2n) is 6.05. The molecule has 1 N–H and O–H groups in total. The summed E-state index contributed by atoms with van der Waals surface area (Å²) < 4.78 is 33.0. The SMILES string of the molecule is CCOc1cccc(CNS(=O)(=O)c2ccc(N3CCCC3=O)cc2)c1. The lowest BCUT2D eigenvalue weighted by Gasteiger charge is -2.16. The molecule has 0 saturated carbocycles. The Morgan fingerprint density at radius 3 is 2.58 bits per heavy atom. The third-order valence-electron chi connectivity index (χ3n) is 4.21. The molecule has 1 amide bonds. The second-order valence-corrected chi connectivity index (χ2v) is 7.81. The number of anilines is 1. The number of ether oxygens (including phenoxy) is 1. The molecule has 0 radical (unpaired) electrons. The van der Waals surface area contributed by atoms with Gasteiger partial charge < -0.3 is 9.64 Å². The number of carbonyl (C=O) groups excluding carboxylic acids is 1. The van der Waals surface area contributed by atoms with Crippen molar-refractivity contribution in [3.05, 3.63) is 54.1 Å². The number of nitrogens with one attached hydrogen (secondary N) is 1. The summed E-state index contributed by atoms with van der Waals surface area (Å²) in [4.78, 5) is 13.6. The summed E-state index contributed by atoms with van der Waals surface area (Å²) in [5.41, 5.74) is 1.55. The van der Waals surface area contributed by atoms with Crippen LogP contribution in [0.2, 0.25) is 0 Å². The summed E-state index contributed by atoms with van der Waals surface area (Å²) in [6.07, 6.45) is 1.38. The first-order valence-corrected chi connectivity index (χ1v) is 10.1. The van der Waals surface area contributed by atoms with Gasteiger partial charge in [0.15, 0.2) is 0 Å². The molecule has 0 aromatic heterocycles. The zero-order chi connectivity index (χ0) is 18.6. The average Bonchev–Trinajstić information content (AvgIpc) is 3.07. The summed E-state index contributed by atoms with van der Waals surface area (Å²) in [5, 5.41) is 0. The fourth-order valence-electron chi connectivity index (χ4n) is 2.90. The van der Waals surface area contributed by atoms with Crippen molar-refractivity contribution in [3.63, 3.8) is 0 Å². The van der Waals surface area contributed by atoms with Gasteiger partial charge in [-0.15, -0.1) is 0 Å². The van der Waals surface area contributed by atoms with Gasteiger partial charge in [-0.05, 0) is 55.3 Å². The van der Waals surface area contributed by atoms with E-state index in [-0.39, 0.29) is 17.3 Å². The summed E-state index contributed by atoms with van der Waals surface area (Å²) >= 11 is 0. The maximum atomic E-state index is 12.5. The van der Waals surface area contributed by atoms with Gasteiger partial charge in [-0.3, -0.25) is 4.79 Å². The van der Waals surface area contributed by atoms with Gasteiger partial charge in [0.05, 0.1) is 11.5 Å². The molecule has 7 heteroatoms. The number of amides is 1. The third-order valence-corrected chi connectivity index (χ3v) is 5.63. The summed E-state index contributed by atoms with van der Waals surface area (Å²) in [7, 11) is -3.63. The molecule has 0 bridgehead atoms. The van der Waals surface area contributed by atoms with Crippen LogP contribution in [0.4, 0.5) is 5.69 Å². The van der Waals surface area contributed by atoms with Gasteiger partial charge in [-0.25, -0.2) is 13.1 Å². The molecule has 1 saturated heterocycles. The molecule has 0 unspecified atom stereocenters. The monoisotopic (exact) mass is 374 g/mol. The first-order chi connectivity index (χ1) is 12.5. The molecular weight excluding hydrogens is 352 g/mol. The van der Waals surface area contributed by atoms with E-state index in [4.69, 9.17) is 4.74 Å². The van der Waals surface area contributed by atoms with Gasteiger partial charge in [-0.1, -0.05) is 12.1 Å². The van der Waals surface area contributed by atoms with E-state index >= 15 is 0 Å². The Labute approximate surface area is 153 Å². The molecule has 6 nitrogen and oxygen atoms in total. The van der Waals surface area contributed by atoms with Crippen molar-refractivity contribution in [1.82, 2.24) is 4.72 Å². The Kier molecular flexibility index (Phi) is 5.58. The number of benzene rings is 2. The zero-order valence-electron chi connectivity index (χ0n) is 14.6. The molecule has 0 spiro atoms. The van der Waals surface area contributed by atoms with Crippen molar-refractivity contribution in [2.75, 3.05) is 18.1 Å². The Bertz CT molecular complexity index is 879. The van der Waals surface area contributed by atoms with E-state index < -0.39 is 10.0 Å². The Hall–Kier alpha value is -2.38. The van der Waals surface area contributed by atoms with Crippen LogP contribution in [0.1, 0.15) is 25.3 Å². The van der Waals surface area contributed by atoms with E-state index in [9.17, 15) is 13.2 Å². The maximum absolute atomic E-state index is 12.5. The lowest BCUT2D eigenvalue weighted by molar-refractivity contribution is -0.117. The standard InChI is InChI=1S/C19H22N2O4S/c1-2-25-17-6-3-5-15(13-17)14-20-26(23,24)18-10-8-16(9-11-18)21-12-4-7-19(21)22/h3,5-6,8-11,13,20H,2,4,7,12,14H2,1H3. The van der Waals surface area contributed by atoms with Gasteiger partial charge >= 0.3 is 0 Å². The largest absolute Gasteiger partial charge is 0.494 e. The van der Waals surface area contributed by atoms with Crippen molar-refractivity contribution in [1.29, 1.82) is 0 Å². The molecular formula is C19H22N2O4S. The number of nitrogens with zero attached hydrogens (tertiary/aromatic N) is 1. The Balaban J connectivity index is 1.68. The molecule has 0 aliphatic carbocycles. The van der Waals surface area contributed by atoms with Crippen molar-refractivity contribution >= 4 is 21.6 Å². The van der Waals surface area contributed by atoms with Crippen LogP contribution in [0.25, 0.3) is 0 Å². The molecule has 1 heterocycles. The number of carbonyl (C=O) groups is 1. The average molecular weight is 374 g/mol. The predicted octanol–water partition coefficient (Wildman–Crippen LogP) is 2.69. The van der Waals surface area contributed by atoms with Crippen LogP contribution in [0, 0.1) is 0 Å². The van der Waals surface area contributed by atoms with E-state index in [0.29, 0.717) is 25.3 Å². The number of hydrogen-bond donors (Lipinski definition) is 1. The van der Waals surface area contributed by atoms with Crippen molar-refractivity contribution in [2.24, 2.45) is 0 Å². The molecule has 0 atom stereocenters. The normalized spacial score (nSPS) is 14.7. The van der Waals surface area contributed by atoms with E-state index in [1.54, 1.807) is 17.0 Å². The predicted molar refractivity (Wildman–Crippen MR) is 99.7 cm³/mol. The molecule has 26 heavy (non-hydrogen) atoms. The quantitative estimate of drug-likeness (QED) is 0.808. The van der Waals surface area contributed by atoms with Gasteiger partial charge in [0, 0.05) is 25.2 Å². The number of hydrogen-bond acceptors (Lipinski definition) is 4. The minimum absolute atomic E-state index is 0.0768. The van der Waals surface area contributed by atoms with Crippen molar-refractivity contribution < 1.29 is 17.9 Å². The minimum atomic E-state index is -3.63. The number of rotatable bonds is 7. The lowest BCUT2D eigenvalue weighted by atomic mass is 10.2. The van der Waals surface area contributed by atoms with E-state index in [1.807, 2.05) is 31.2 Å². The highest BCUT2D eigenvalue weighted by Crippen LogP contribution is 2.23. The molecule has 1 aliphatic rings. The second kappa shape index (κ2) is 7.88. The fraction of sp³-hybridized carbons (Fsp3) is 0.316. The van der Waals surface area contributed by atoms with Crippen LogP contribution in [0.15, 0.2) is 53.4 Å². The lowest BCUT2D eigenvalue weighted by Crippen LogP contribution is -2.25. The van der Waals surface area contributed by atoms with Crippen LogP contribution in [0.3, 0.4) is 0 Å². The zero-order valence-corrected chi connectivity index (χ0v) is 15.5. The molecule has 1 aliphatic heterocycles. The van der Waals surface area contributed by atoms with Gasteiger partial charge in [-0.2, -0.15) is 0 Å². The fourth-order valence-corrected chi connectivity index (χ4v) is 3.92.